The number of aromatic nitrogens is 3. The van der Waals surface area contributed by atoms with Crippen LogP contribution in [-0.2, 0) is 4.79 Å². The fourth-order valence-corrected chi connectivity index (χ4v) is 2.82. The van der Waals surface area contributed by atoms with Gasteiger partial charge in [0.1, 0.15) is 0 Å². The number of nitrogens with zero attached hydrogens (tertiary/aromatic N) is 3. The molecule has 1 amide bonds. The second-order valence-corrected chi connectivity index (χ2v) is 6.75. The van der Waals surface area contributed by atoms with Crippen molar-refractivity contribution in [1.82, 2.24) is 20.2 Å². The molecule has 6 nitrogen and oxygen atoms in total. The Morgan fingerprint density at radius 1 is 1.43 bits per heavy atom. The maximum absolute atomic E-state index is 11.8. The lowest BCUT2D eigenvalue weighted by atomic mass is 10.2. The van der Waals surface area contributed by atoms with Crippen LogP contribution in [0.4, 0.5) is 0 Å². The summed E-state index contributed by atoms with van der Waals surface area (Å²) >= 11 is 13.3. The lowest BCUT2D eigenvalue weighted by Crippen LogP contribution is -2.33. The van der Waals surface area contributed by atoms with Crippen LogP contribution in [0.15, 0.2) is 23.4 Å². The third kappa shape index (κ3) is 4.53. The van der Waals surface area contributed by atoms with E-state index in [1.54, 1.807) is 18.2 Å². The molecule has 1 aromatic carbocycles. The molecule has 0 radical (unpaired) electrons. The van der Waals surface area contributed by atoms with E-state index in [2.05, 4.69) is 15.5 Å². The van der Waals surface area contributed by atoms with Crippen LogP contribution < -0.4 is 11.2 Å². The standard InChI is InChI=1S/C14H17Cl2N5OS/c1-3-8(2)18-12(22)7-23-14-20-19-13(21(14)17)10-6-9(15)4-5-11(10)16/h4-6,8H,3,7,17H2,1-2H3,(H,18,22). The van der Waals surface area contributed by atoms with Crippen molar-refractivity contribution in [3.63, 3.8) is 0 Å². The second-order valence-electron chi connectivity index (χ2n) is 4.97. The molecular formula is C14H17Cl2N5OS. The van der Waals surface area contributed by atoms with E-state index in [0.717, 1.165) is 6.42 Å². The summed E-state index contributed by atoms with van der Waals surface area (Å²) in [5.41, 5.74) is 0.588. The Kier molecular flexibility index (Phi) is 6.15. The summed E-state index contributed by atoms with van der Waals surface area (Å²) in [6.45, 7) is 3.96. The third-order valence-corrected chi connectivity index (χ3v) is 4.69. The van der Waals surface area contributed by atoms with Crippen LogP contribution in [0.5, 0.6) is 0 Å². The molecule has 1 atom stereocenters. The van der Waals surface area contributed by atoms with Crippen LogP contribution in [0.2, 0.25) is 10.0 Å². The Balaban J connectivity index is 2.11. The van der Waals surface area contributed by atoms with Gasteiger partial charge in [-0.3, -0.25) is 4.79 Å². The third-order valence-electron chi connectivity index (χ3n) is 3.19. The van der Waals surface area contributed by atoms with Gasteiger partial charge in [-0.25, -0.2) is 4.68 Å². The molecule has 1 unspecified atom stereocenters. The van der Waals surface area contributed by atoms with Crippen molar-refractivity contribution < 1.29 is 4.79 Å². The molecule has 3 N–H and O–H groups in total. The predicted octanol–water partition coefficient (Wildman–Crippen LogP) is 2.97. The zero-order chi connectivity index (χ0) is 17.0. The van der Waals surface area contributed by atoms with E-state index in [0.29, 0.717) is 26.6 Å². The van der Waals surface area contributed by atoms with E-state index in [-0.39, 0.29) is 17.7 Å². The van der Waals surface area contributed by atoms with E-state index in [1.807, 2.05) is 13.8 Å². The molecule has 1 heterocycles. The largest absolute Gasteiger partial charge is 0.353 e. The van der Waals surface area contributed by atoms with Crippen LogP contribution in [-0.4, -0.2) is 32.6 Å². The number of nitrogen functional groups attached to an aromatic ring is 1. The summed E-state index contributed by atoms with van der Waals surface area (Å²) in [7, 11) is 0. The topological polar surface area (TPSA) is 85.8 Å². The molecule has 0 saturated heterocycles. The van der Waals surface area contributed by atoms with Crippen LogP contribution >= 0.6 is 35.0 Å². The van der Waals surface area contributed by atoms with Crippen molar-refractivity contribution >= 4 is 40.9 Å². The molecule has 0 aliphatic carbocycles. The molecule has 2 aromatic rings. The summed E-state index contributed by atoms with van der Waals surface area (Å²) in [4.78, 5) is 11.8. The number of nitrogens with two attached hydrogens (primary N) is 1. The number of nitrogens with one attached hydrogen (secondary N) is 1. The van der Waals surface area contributed by atoms with E-state index in [9.17, 15) is 4.79 Å². The lowest BCUT2D eigenvalue weighted by molar-refractivity contribution is -0.119. The van der Waals surface area contributed by atoms with Gasteiger partial charge in [-0.05, 0) is 31.5 Å². The average Bonchev–Trinajstić information content (AvgIpc) is 2.88. The van der Waals surface area contributed by atoms with Crippen molar-refractivity contribution in [3.8, 4) is 11.4 Å². The monoisotopic (exact) mass is 373 g/mol. The van der Waals surface area contributed by atoms with Crippen molar-refractivity contribution in [2.45, 2.75) is 31.5 Å². The maximum atomic E-state index is 11.8. The summed E-state index contributed by atoms with van der Waals surface area (Å²) in [5, 5.41) is 12.3. The highest BCUT2D eigenvalue weighted by atomic mass is 35.5. The summed E-state index contributed by atoms with van der Waals surface area (Å²) < 4.78 is 1.30. The van der Waals surface area contributed by atoms with Gasteiger partial charge in [0, 0.05) is 16.6 Å². The van der Waals surface area contributed by atoms with Gasteiger partial charge in [0.25, 0.3) is 0 Å². The van der Waals surface area contributed by atoms with Crippen molar-refractivity contribution in [1.29, 1.82) is 0 Å². The second kappa shape index (κ2) is 7.90. The van der Waals surface area contributed by atoms with Gasteiger partial charge in [0.15, 0.2) is 5.82 Å². The first-order valence-electron chi connectivity index (χ1n) is 7.00. The molecule has 0 aliphatic rings. The van der Waals surface area contributed by atoms with Gasteiger partial charge in [-0.1, -0.05) is 41.9 Å². The van der Waals surface area contributed by atoms with Crippen molar-refractivity contribution in [3.05, 3.63) is 28.2 Å². The normalized spacial score (nSPS) is 12.2. The van der Waals surface area contributed by atoms with E-state index < -0.39 is 0 Å². The maximum Gasteiger partial charge on any atom is 0.230 e. The first-order valence-corrected chi connectivity index (χ1v) is 8.74. The number of thioether (sulfide) groups is 1. The van der Waals surface area contributed by atoms with Gasteiger partial charge in [-0.2, -0.15) is 0 Å². The molecule has 0 aliphatic heterocycles. The number of benzene rings is 1. The molecule has 124 valence electrons. The first-order chi connectivity index (χ1) is 10.9. The smallest absolute Gasteiger partial charge is 0.230 e. The Bertz CT molecular complexity index is 706. The Labute approximate surface area is 148 Å². The fraction of sp³-hybridized carbons (Fsp3) is 0.357. The molecule has 0 spiro atoms. The molecule has 0 fully saturated rings. The molecule has 9 heteroatoms. The molecule has 23 heavy (non-hydrogen) atoms. The molecule has 1 aromatic heterocycles. The lowest BCUT2D eigenvalue weighted by Gasteiger charge is -2.10. The summed E-state index contributed by atoms with van der Waals surface area (Å²) in [6, 6.07) is 5.15. The van der Waals surface area contributed by atoms with Gasteiger partial charge < -0.3 is 11.2 Å². The van der Waals surface area contributed by atoms with Crippen LogP contribution in [0.3, 0.4) is 0 Å². The van der Waals surface area contributed by atoms with Gasteiger partial charge in [0.2, 0.25) is 11.1 Å². The summed E-state index contributed by atoms with van der Waals surface area (Å²) in [6.07, 6.45) is 0.876. The van der Waals surface area contributed by atoms with E-state index in [4.69, 9.17) is 29.0 Å². The van der Waals surface area contributed by atoms with Gasteiger partial charge in [0.05, 0.1) is 10.8 Å². The minimum atomic E-state index is -0.0744. The number of rotatable bonds is 6. The molecule has 2 rings (SSSR count). The Morgan fingerprint density at radius 2 is 2.17 bits per heavy atom. The average molecular weight is 374 g/mol. The number of hydrogen-bond donors (Lipinski definition) is 2. The zero-order valence-corrected chi connectivity index (χ0v) is 15.0. The number of halogens is 2. The highest BCUT2D eigenvalue weighted by Gasteiger charge is 2.16. The SMILES string of the molecule is CCC(C)NC(=O)CSc1nnc(-c2cc(Cl)ccc2Cl)n1N. The molecule has 0 saturated carbocycles. The van der Waals surface area contributed by atoms with Crippen LogP contribution in [0, 0.1) is 0 Å². The predicted molar refractivity (Wildman–Crippen MR) is 94.2 cm³/mol. The quantitative estimate of drug-likeness (QED) is 0.600. The highest BCUT2D eigenvalue weighted by molar-refractivity contribution is 7.99. The minimum Gasteiger partial charge on any atom is -0.353 e. The highest BCUT2D eigenvalue weighted by Crippen LogP contribution is 2.30. The van der Waals surface area contributed by atoms with Crippen molar-refractivity contribution in [2.75, 3.05) is 11.6 Å². The first kappa shape index (κ1) is 17.9. The fourth-order valence-electron chi connectivity index (χ4n) is 1.78. The van der Waals surface area contributed by atoms with E-state index in [1.165, 1.54) is 16.4 Å². The number of amides is 1. The van der Waals surface area contributed by atoms with Gasteiger partial charge in [-0.15, -0.1) is 10.2 Å². The van der Waals surface area contributed by atoms with Gasteiger partial charge >= 0.3 is 0 Å². The Morgan fingerprint density at radius 3 is 2.87 bits per heavy atom. The van der Waals surface area contributed by atoms with Crippen LogP contribution in [0.1, 0.15) is 20.3 Å². The van der Waals surface area contributed by atoms with Crippen molar-refractivity contribution in [2.24, 2.45) is 0 Å². The number of carbonyl (C=O) groups excluding carboxylic acids is 1. The van der Waals surface area contributed by atoms with E-state index >= 15 is 0 Å². The number of hydrogen-bond acceptors (Lipinski definition) is 5. The minimum absolute atomic E-state index is 0.0744. The Hall–Kier alpha value is -1.44. The molecular weight excluding hydrogens is 357 g/mol. The zero-order valence-electron chi connectivity index (χ0n) is 12.7. The molecule has 0 bridgehead atoms. The summed E-state index contributed by atoms with van der Waals surface area (Å²) in [5.74, 6) is 6.53. The number of carbonyl (C=O) groups is 1. The van der Waals surface area contributed by atoms with Crippen LogP contribution in [0.25, 0.3) is 11.4 Å².